The van der Waals surface area contributed by atoms with Gasteiger partial charge in [-0.15, -0.1) is 0 Å². The van der Waals surface area contributed by atoms with Crippen molar-refractivity contribution in [3.63, 3.8) is 0 Å². The molecule has 152 valence electrons. The van der Waals surface area contributed by atoms with Gasteiger partial charge in [-0.3, -0.25) is 9.36 Å². The molecule has 0 heterocycles. The van der Waals surface area contributed by atoms with E-state index >= 15 is 0 Å². The van der Waals surface area contributed by atoms with Crippen LogP contribution >= 0.6 is 7.60 Å². The van der Waals surface area contributed by atoms with Gasteiger partial charge in [0.15, 0.2) is 5.85 Å². The van der Waals surface area contributed by atoms with Crippen LogP contribution in [0.2, 0.25) is 0 Å². The lowest BCUT2D eigenvalue weighted by Gasteiger charge is -2.26. The Balaban J connectivity index is 2.90. The summed E-state index contributed by atoms with van der Waals surface area (Å²) in [5.41, 5.74) is -0.00113. The Kier molecular flexibility index (Phi) is 7.98. The molecular formula is C17H27N2O7P. The van der Waals surface area contributed by atoms with Crippen molar-refractivity contribution in [3.8, 4) is 0 Å². The van der Waals surface area contributed by atoms with Gasteiger partial charge in [0, 0.05) is 6.42 Å². The summed E-state index contributed by atoms with van der Waals surface area (Å²) < 4.78 is 16.3. The molecule has 1 aromatic rings. The average Bonchev–Trinajstić information content (AvgIpc) is 2.51. The highest BCUT2D eigenvalue weighted by atomic mass is 31.2. The smallest absolute Gasteiger partial charge is 0.408 e. The van der Waals surface area contributed by atoms with E-state index in [9.17, 15) is 19.3 Å². The first kappa shape index (κ1) is 23.1. The van der Waals surface area contributed by atoms with E-state index in [1.54, 1.807) is 51.1 Å². The van der Waals surface area contributed by atoms with Gasteiger partial charge in [-0.05, 0) is 33.3 Å². The van der Waals surface area contributed by atoms with Crippen molar-refractivity contribution in [2.45, 2.75) is 57.6 Å². The van der Waals surface area contributed by atoms with Gasteiger partial charge in [-0.25, -0.2) is 4.79 Å². The molecule has 0 saturated carbocycles. The Morgan fingerprint density at radius 2 is 1.70 bits per heavy atom. The number of rotatable bonds is 7. The fourth-order valence-electron chi connectivity index (χ4n) is 2.20. The van der Waals surface area contributed by atoms with E-state index in [1.807, 2.05) is 0 Å². The summed E-state index contributed by atoms with van der Waals surface area (Å²) in [7, 11) is -4.79. The standard InChI is InChI=1S/C17H27N2O7P/c1-11(15(21)27(23,24)25)18-14(20)13(10-12-8-6-5-7-9-12)19-16(22)26-17(2,3)4/h5-9,11,13,15,21H,10H2,1-4H3,(H,18,20)(H,19,22)(H2,23,24,25)/t11-,13-,15?/m0/s1. The van der Waals surface area contributed by atoms with Gasteiger partial charge in [0.25, 0.3) is 0 Å². The quantitative estimate of drug-likeness (QED) is 0.430. The monoisotopic (exact) mass is 402 g/mol. The Bertz CT molecular complexity index is 684. The van der Waals surface area contributed by atoms with Gasteiger partial charge in [0.1, 0.15) is 11.6 Å². The Morgan fingerprint density at radius 1 is 1.15 bits per heavy atom. The van der Waals surface area contributed by atoms with E-state index in [0.29, 0.717) is 0 Å². The number of nitrogens with one attached hydrogen (secondary N) is 2. The summed E-state index contributed by atoms with van der Waals surface area (Å²) in [5.74, 6) is -2.76. The summed E-state index contributed by atoms with van der Waals surface area (Å²) >= 11 is 0. The molecule has 27 heavy (non-hydrogen) atoms. The lowest BCUT2D eigenvalue weighted by Crippen LogP contribution is -2.53. The number of alkyl carbamates (subject to hydrolysis) is 1. The van der Waals surface area contributed by atoms with Crippen molar-refractivity contribution < 1.29 is 33.8 Å². The molecule has 0 spiro atoms. The number of aliphatic hydroxyl groups is 1. The van der Waals surface area contributed by atoms with Gasteiger partial charge < -0.3 is 30.3 Å². The highest BCUT2D eigenvalue weighted by Crippen LogP contribution is 2.41. The molecule has 10 heteroatoms. The van der Waals surface area contributed by atoms with Gasteiger partial charge in [-0.2, -0.15) is 0 Å². The summed E-state index contributed by atoms with van der Waals surface area (Å²) in [6, 6.07) is 6.61. The van der Waals surface area contributed by atoms with Crippen molar-refractivity contribution in [1.29, 1.82) is 0 Å². The van der Waals surface area contributed by atoms with Crippen LogP contribution in [0.3, 0.4) is 0 Å². The molecule has 0 fully saturated rings. The Morgan fingerprint density at radius 3 is 2.19 bits per heavy atom. The molecule has 3 atom stereocenters. The number of hydrogen-bond acceptors (Lipinski definition) is 5. The number of hydrogen-bond donors (Lipinski definition) is 5. The average molecular weight is 402 g/mol. The van der Waals surface area contributed by atoms with Crippen molar-refractivity contribution >= 4 is 19.6 Å². The zero-order valence-corrected chi connectivity index (χ0v) is 16.6. The second-order valence-corrected chi connectivity index (χ2v) is 8.90. The Hall–Kier alpha value is -1.93. The largest absolute Gasteiger partial charge is 0.444 e. The zero-order valence-electron chi connectivity index (χ0n) is 15.7. The lowest BCUT2D eigenvalue weighted by atomic mass is 10.1. The van der Waals surface area contributed by atoms with E-state index in [0.717, 1.165) is 5.56 Å². The summed E-state index contributed by atoms with van der Waals surface area (Å²) in [6.07, 6.45) is -0.674. The SMILES string of the molecule is C[C@H](NC(=O)[C@H](Cc1ccccc1)NC(=O)OC(C)(C)C)C(O)P(=O)(O)O. The molecule has 5 N–H and O–H groups in total. The molecule has 0 aromatic heterocycles. The summed E-state index contributed by atoms with van der Waals surface area (Å²) in [4.78, 5) is 42.7. The van der Waals surface area contributed by atoms with Crippen LogP contribution < -0.4 is 10.6 Å². The van der Waals surface area contributed by atoms with Crippen molar-refractivity contribution in [1.82, 2.24) is 10.6 Å². The first-order valence-electron chi connectivity index (χ1n) is 8.36. The first-order valence-corrected chi connectivity index (χ1v) is 10.0. The maximum atomic E-state index is 12.5. The minimum atomic E-state index is -4.79. The maximum absolute atomic E-state index is 12.5. The van der Waals surface area contributed by atoms with Crippen molar-refractivity contribution in [3.05, 3.63) is 35.9 Å². The number of amides is 2. The molecule has 0 aliphatic rings. The fraction of sp³-hybridized carbons (Fsp3) is 0.529. The second kappa shape index (κ2) is 9.32. The second-order valence-electron chi connectivity index (χ2n) is 7.19. The van der Waals surface area contributed by atoms with Gasteiger partial charge in [0.05, 0.1) is 6.04 Å². The minimum Gasteiger partial charge on any atom is -0.444 e. The van der Waals surface area contributed by atoms with Crippen molar-refractivity contribution in [2.75, 3.05) is 0 Å². The third kappa shape index (κ3) is 8.53. The Labute approximate surface area is 158 Å². The van der Waals surface area contributed by atoms with E-state index in [4.69, 9.17) is 14.5 Å². The highest BCUT2D eigenvalue weighted by molar-refractivity contribution is 7.52. The third-order valence-corrected chi connectivity index (χ3v) is 4.59. The van der Waals surface area contributed by atoms with Crippen LogP contribution in [0.5, 0.6) is 0 Å². The molecule has 2 amide bonds. The predicted octanol–water partition coefficient (Wildman–Crippen LogP) is 1.12. The zero-order chi connectivity index (χ0) is 20.8. The summed E-state index contributed by atoms with van der Waals surface area (Å²) in [6.45, 7) is 6.29. The summed E-state index contributed by atoms with van der Waals surface area (Å²) in [5, 5.41) is 14.4. The van der Waals surface area contributed by atoms with Crippen LogP contribution in [0.25, 0.3) is 0 Å². The van der Waals surface area contributed by atoms with E-state index in [2.05, 4.69) is 10.6 Å². The molecule has 9 nitrogen and oxygen atoms in total. The third-order valence-electron chi connectivity index (χ3n) is 3.45. The van der Waals surface area contributed by atoms with Crippen LogP contribution in [0.1, 0.15) is 33.3 Å². The molecule has 1 aromatic carbocycles. The molecule has 0 saturated heterocycles. The predicted molar refractivity (Wildman–Crippen MR) is 99.0 cm³/mol. The van der Waals surface area contributed by atoms with E-state index < -0.39 is 43.1 Å². The van der Waals surface area contributed by atoms with Gasteiger partial charge in [0.2, 0.25) is 5.91 Å². The lowest BCUT2D eigenvalue weighted by molar-refractivity contribution is -0.124. The molecule has 0 aliphatic heterocycles. The minimum absolute atomic E-state index is 0.130. The first-order chi connectivity index (χ1) is 12.3. The number of carbonyl (C=O) groups is 2. The van der Waals surface area contributed by atoms with Gasteiger partial charge in [-0.1, -0.05) is 30.3 Å². The van der Waals surface area contributed by atoms with Crippen LogP contribution in [-0.4, -0.2) is 50.4 Å². The highest BCUT2D eigenvalue weighted by Gasteiger charge is 2.34. The van der Waals surface area contributed by atoms with Crippen molar-refractivity contribution in [2.24, 2.45) is 0 Å². The molecule has 1 unspecified atom stereocenters. The van der Waals surface area contributed by atoms with E-state index in [-0.39, 0.29) is 6.42 Å². The fourth-order valence-corrected chi connectivity index (χ4v) is 2.86. The molecular weight excluding hydrogens is 375 g/mol. The molecule has 1 rings (SSSR count). The number of carbonyl (C=O) groups excluding carboxylic acids is 2. The van der Waals surface area contributed by atoms with E-state index in [1.165, 1.54) is 6.92 Å². The normalized spacial score (nSPS) is 15.4. The maximum Gasteiger partial charge on any atom is 0.408 e. The molecule has 0 bridgehead atoms. The molecule has 0 radical (unpaired) electrons. The topological polar surface area (TPSA) is 145 Å². The number of benzene rings is 1. The van der Waals surface area contributed by atoms with Gasteiger partial charge >= 0.3 is 13.7 Å². The molecule has 0 aliphatic carbocycles. The van der Waals surface area contributed by atoms with Crippen LogP contribution in [0.4, 0.5) is 4.79 Å². The van der Waals surface area contributed by atoms with Crippen LogP contribution in [0.15, 0.2) is 30.3 Å². The number of ether oxygens (including phenoxy) is 1. The van der Waals surface area contributed by atoms with Crippen LogP contribution in [0, 0.1) is 0 Å². The number of aliphatic hydroxyl groups excluding tert-OH is 1. The van der Waals surface area contributed by atoms with Crippen LogP contribution in [-0.2, 0) is 20.5 Å².